The van der Waals surface area contributed by atoms with Gasteiger partial charge in [-0.2, -0.15) is 4.31 Å². The summed E-state index contributed by atoms with van der Waals surface area (Å²) in [5.41, 5.74) is 0. The van der Waals surface area contributed by atoms with Crippen LogP contribution < -0.4 is 4.74 Å². The second kappa shape index (κ2) is 11.9. The molecular weight excluding hydrogens is 486 g/mol. The van der Waals surface area contributed by atoms with Gasteiger partial charge in [0.1, 0.15) is 5.75 Å². The molecule has 1 saturated carbocycles. The van der Waals surface area contributed by atoms with E-state index in [1.54, 1.807) is 12.1 Å². The smallest absolute Gasteiger partial charge is 0.288 e. The second-order valence-electron chi connectivity index (χ2n) is 9.58. The Hall–Kier alpha value is -2.18. The fourth-order valence-electron chi connectivity index (χ4n) is 4.60. The van der Waals surface area contributed by atoms with E-state index < -0.39 is 16.3 Å². The van der Waals surface area contributed by atoms with Crippen molar-refractivity contribution in [2.24, 2.45) is 11.8 Å². The summed E-state index contributed by atoms with van der Waals surface area (Å²) in [6, 6.07) is 6.12. The molecule has 3 aliphatic rings. The number of hydrogen-bond donors (Lipinski definition) is 1. The number of sulfonamides is 1. The number of aliphatic hydroxyl groups excluding tert-OH is 1. The zero-order chi connectivity index (χ0) is 25.7. The fraction of sp³-hybridized carbons (Fsp3) is 0.640. The molecule has 1 saturated heterocycles. The number of benzene rings is 1. The number of aliphatic hydroxyl groups is 1. The Morgan fingerprint density at radius 3 is 2.44 bits per heavy atom. The molecule has 10 nitrogen and oxygen atoms in total. The first-order valence-corrected chi connectivity index (χ1v) is 14.0. The van der Waals surface area contributed by atoms with Crippen LogP contribution in [0.25, 0.3) is 0 Å². The highest BCUT2D eigenvalue weighted by Gasteiger charge is 2.38. The van der Waals surface area contributed by atoms with Crippen LogP contribution in [0.1, 0.15) is 19.3 Å². The standard InChI is InChI=1S/C25H37N3O7S/c1-26-9-11-27(12-10-26)25(30)23-17-20(19-3-4-19)18-24(35-23)34-16-14-28(13-15-29)36(31,32)22-7-5-21(33-2)6-8-22/h5-8,17,19-20,24,29H,3-4,9-16,18H2,1-2H3/t20-,24+/m1/s1. The Labute approximate surface area is 213 Å². The molecule has 0 aromatic heterocycles. The lowest BCUT2D eigenvalue weighted by Crippen LogP contribution is -2.48. The number of ether oxygens (including phenoxy) is 3. The average molecular weight is 524 g/mol. The number of hydrogen-bond acceptors (Lipinski definition) is 8. The first kappa shape index (κ1) is 26.9. The van der Waals surface area contributed by atoms with E-state index in [2.05, 4.69) is 4.90 Å². The van der Waals surface area contributed by atoms with Gasteiger partial charge in [-0.15, -0.1) is 0 Å². The molecular formula is C25H37N3O7S. The van der Waals surface area contributed by atoms with Crippen LogP contribution in [0.2, 0.25) is 0 Å². The van der Waals surface area contributed by atoms with Crippen molar-refractivity contribution in [3.63, 3.8) is 0 Å². The summed E-state index contributed by atoms with van der Waals surface area (Å²) in [6.07, 6.45) is 4.24. The molecule has 0 radical (unpaired) electrons. The van der Waals surface area contributed by atoms with Gasteiger partial charge in [0, 0.05) is 45.7 Å². The Balaban J connectivity index is 1.37. The molecule has 2 heterocycles. The van der Waals surface area contributed by atoms with Crippen LogP contribution >= 0.6 is 0 Å². The third-order valence-electron chi connectivity index (χ3n) is 7.01. The molecule has 200 valence electrons. The van der Waals surface area contributed by atoms with Crippen LogP contribution in [0.15, 0.2) is 41.0 Å². The lowest BCUT2D eigenvalue weighted by Gasteiger charge is -2.35. The van der Waals surface area contributed by atoms with Gasteiger partial charge in [0.25, 0.3) is 5.91 Å². The predicted octanol–water partition coefficient (Wildman–Crippen LogP) is 1.13. The highest BCUT2D eigenvalue weighted by molar-refractivity contribution is 7.89. The molecule has 2 fully saturated rings. The summed E-state index contributed by atoms with van der Waals surface area (Å²) in [7, 11) is -0.273. The molecule has 1 aliphatic carbocycles. The number of rotatable bonds is 11. The third kappa shape index (κ3) is 6.57. The van der Waals surface area contributed by atoms with Crippen molar-refractivity contribution < 1.29 is 32.5 Å². The van der Waals surface area contributed by atoms with E-state index in [9.17, 15) is 18.3 Å². The van der Waals surface area contributed by atoms with Crippen molar-refractivity contribution >= 4 is 15.9 Å². The lowest BCUT2D eigenvalue weighted by atomic mass is 9.96. The highest BCUT2D eigenvalue weighted by atomic mass is 32.2. The van der Waals surface area contributed by atoms with E-state index in [0.29, 0.717) is 36.9 Å². The summed E-state index contributed by atoms with van der Waals surface area (Å²) in [6.45, 7) is 2.74. The van der Waals surface area contributed by atoms with Crippen LogP contribution in [-0.4, -0.2) is 106 Å². The minimum absolute atomic E-state index is 0.0499. The van der Waals surface area contributed by atoms with Gasteiger partial charge in [0.05, 0.1) is 25.2 Å². The molecule has 36 heavy (non-hydrogen) atoms. The van der Waals surface area contributed by atoms with E-state index in [1.807, 2.05) is 18.0 Å². The van der Waals surface area contributed by atoms with Crippen molar-refractivity contribution in [3.05, 3.63) is 36.1 Å². The van der Waals surface area contributed by atoms with Gasteiger partial charge < -0.3 is 29.1 Å². The maximum absolute atomic E-state index is 13.1. The molecule has 2 atom stereocenters. The number of likely N-dealkylation sites (N-methyl/N-ethyl adjacent to an activating group) is 1. The molecule has 1 amide bonds. The average Bonchev–Trinajstić information content (AvgIpc) is 3.74. The molecule has 0 spiro atoms. The van der Waals surface area contributed by atoms with Crippen molar-refractivity contribution in [2.45, 2.75) is 30.4 Å². The minimum Gasteiger partial charge on any atom is -0.497 e. The molecule has 2 aliphatic heterocycles. The highest BCUT2D eigenvalue weighted by Crippen LogP contribution is 2.43. The van der Waals surface area contributed by atoms with Crippen molar-refractivity contribution in [2.75, 3.05) is 66.6 Å². The maximum atomic E-state index is 13.1. The number of allylic oxidation sites excluding steroid dienone is 1. The van der Waals surface area contributed by atoms with Gasteiger partial charge in [-0.25, -0.2) is 8.42 Å². The Bertz CT molecular complexity index is 1020. The van der Waals surface area contributed by atoms with Gasteiger partial charge in [-0.1, -0.05) is 0 Å². The van der Waals surface area contributed by atoms with Crippen molar-refractivity contribution in [1.29, 1.82) is 0 Å². The zero-order valence-electron chi connectivity index (χ0n) is 21.0. The van der Waals surface area contributed by atoms with Gasteiger partial charge >= 0.3 is 0 Å². The van der Waals surface area contributed by atoms with Crippen LogP contribution in [-0.2, 0) is 24.3 Å². The minimum atomic E-state index is -3.83. The summed E-state index contributed by atoms with van der Waals surface area (Å²) in [5, 5.41) is 9.47. The molecule has 0 bridgehead atoms. The van der Waals surface area contributed by atoms with Gasteiger partial charge in [-0.05, 0) is 62.1 Å². The molecule has 4 rings (SSSR count). The number of nitrogens with zero attached hydrogens (tertiary/aromatic N) is 3. The number of carbonyl (C=O) groups excluding carboxylic acids is 1. The molecule has 1 aromatic rings. The largest absolute Gasteiger partial charge is 0.497 e. The van der Waals surface area contributed by atoms with Gasteiger partial charge in [0.15, 0.2) is 5.76 Å². The van der Waals surface area contributed by atoms with E-state index in [0.717, 1.165) is 25.9 Å². The maximum Gasteiger partial charge on any atom is 0.288 e. The SMILES string of the molecule is COc1ccc(S(=O)(=O)N(CCO)CCO[C@@H]2C[C@H](C3CC3)C=C(C(=O)N3CCN(C)CC3)O2)cc1. The Morgan fingerprint density at radius 1 is 1.14 bits per heavy atom. The monoisotopic (exact) mass is 523 g/mol. The number of amides is 1. The first-order valence-electron chi connectivity index (χ1n) is 12.5. The van der Waals surface area contributed by atoms with E-state index in [1.165, 1.54) is 23.5 Å². The molecule has 0 unspecified atom stereocenters. The van der Waals surface area contributed by atoms with Gasteiger partial charge in [-0.3, -0.25) is 4.79 Å². The van der Waals surface area contributed by atoms with Crippen molar-refractivity contribution in [1.82, 2.24) is 14.1 Å². The summed E-state index contributed by atoms with van der Waals surface area (Å²) in [4.78, 5) is 17.3. The van der Waals surface area contributed by atoms with Crippen LogP contribution in [0.3, 0.4) is 0 Å². The van der Waals surface area contributed by atoms with E-state index in [-0.39, 0.29) is 43.0 Å². The third-order valence-corrected chi connectivity index (χ3v) is 8.92. The summed E-state index contributed by atoms with van der Waals surface area (Å²) < 4.78 is 44.5. The lowest BCUT2D eigenvalue weighted by molar-refractivity contribution is -0.156. The number of carbonyl (C=O) groups is 1. The quantitative estimate of drug-likeness (QED) is 0.460. The molecule has 1 aromatic carbocycles. The van der Waals surface area contributed by atoms with Crippen LogP contribution in [0.4, 0.5) is 0 Å². The Morgan fingerprint density at radius 2 is 1.83 bits per heavy atom. The van der Waals surface area contributed by atoms with E-state index >= 15 is 0 Å². The topological polar surface area (TPSA) is 109 Å². The Kier molecular flexibility index (Phi) is 8.89. The van der Waals surface area contributed by atoms with Gasteiger partial charge in [0.2, 0.25) is 16.3 Å². The van der Waals surface area contributed by atoms with Crippen LogP contribution in [0.5, 0.6) is 5.75 Å². The fourth-order valence-corrected chi connectivity index (χ4v) is 6.02. The van der Waals surface area contributed by atoms with E-state index in [4.69, 9.17) is 14.2 Å². The summed E-state index contributed by atoms with van der Waals surface area (Å²) in [5.74, 6) is 1.54. The number of methoxy groups -OCH3 is 1. The second-order valence-corrected chi connectivity index (χ2v) is 11.5. The normalized spacial score (nSPS) is 23.3. The number of piperazine rings is 1. The molecule has 1 N–H and O–H groups in total. The summed E-state index contributed by atoms with van der Waals surface area (Å²) >= 11 is 0. The first-order chi connectivity index (χ1) is 17.3. The van der Waals surface area contributed by atoms with Crippen LogP contribution in [0, 0.1) is 11.8 Å². The zero-order valence-corrected chi connectivity index (χ0v) is 21.9. The van der Waals surface area contributed by atoms with Crippen molar-refractivity contribution in [3.8, 4) is 5.75 Å². The predicted molar refractivity (Wildman–Crippen MR) is 133 cm³/mol. The molecule has 11 heteroatoms.